The molecule has 0 aliphatic carbocycles. The molecular weight excluding hydrogens is 216 g/mol. The van der Waals surface area contributed by atoms with Gasteiger partial charge in [0, 0.05) is 13.2 Å². The summed E-state index contributed by atoms with van der Waals surface area (Å²) in [5.74, 6) is -0.0425. The highest BCUT2D eigenvalue weighted by atomic mass is 32.2. The smallest absolute Gasteiger partial charge is 0.153 e. The Morgan fingerprint density at radius 3 is 2.87 bits per heavy atom. The van der Waals surface area contributed by atoms with Crippen LogP contribution in [0.25, 0.3) is 0 Å². The molecule has 1 unspecified atom stereocenters. The van der Waals surface area contributed by atoms with Crippen molar-refractivity contribution in [2.45, 2.75) is 18.4 Å². The van der Waals surface area contributed by atoms with E-state index >= 15 is 0 Å². The number of aromatic nitrogens is 2. The molecule has 1 aromatic rings. The van der Waals surface area contributed by atoms with Gasteiger partial charge in [0.05, 0.1) is 17.2 Å². The van der Waals surface area contributed by atoms with E-state index < -0.39 is 15.4 Å². The van der Waals surface area contributed by atoms with Crippen LogP contribution in [0.2, 0.25) is 0 Å². The van der Waals surface area contributed by atoms with Crippen LogP contribution >= 0.6 is 0 Å². The lowest BCUT2D eigenvalue weighted by Gasteiger charge is -2.29. The van der Waals surface area contributed by atoms with Gasteiger partial charge in [-0.05, 0) is 18.9 Å². The summed E-state index contributed by atoms with van der Waals surface area (Å²) in [7, 11) is -1.39. The fraction of sp³-hybridized carbons (Fsp3) is 0.667. The van der Waals surface area contributed by atoms with E-state index in [1.54, 1.807) is 24.0 Å². The van der Waals surface area contributed by atoms with Crippen LogP contribution < -0.4 is 0 Å². The summed E-state index contributed by atoms with van der Waals surface area (Å²) >= 11 is 0. The van der Waals surface area contributed by atoms with Crippen LogP contribution in [0, 0.1) is 0 Å². The molecule has 15 heavy (non-hydrogen) atoms. The van der Waals surface area contributed by atoms with E-state index in [4.69, 9.17) is 0 Å². The molecular formula is C9H14N2O3S. The number of hydrogen-bond donors (Lipinski definition) is 1. The Bertz CT molecular complexity index is 465. The number of aryl methyl sites for hydroxylation is 1. The van der Waals surface area contributed by atoms with Crippen LogP contribution in [0.4, 0.5) is 0 Å². The molecule has 0 amide bonds. The number of aliphatic hydroxyl groups is 1. The lowest BCUT2D eigenvalue weighted by molar-refractivity contribution is 0.0417. The minimum Gasteiger partial charge on any atom is -0.382 e. The molecule has 1 aliphatic heterocycles. The molecule has 1 fully saturated rings. The zero-order valence-electron chi connectivity index (χ0n) is 8.55. The largest absolute Gasteiger partial charge is 0.382 e. The number of rotatable bonds is 1. The van der Waals surface area contributed by atoms with Crippen molar-refractivity contribution in [1.29, 1.82) is 0 Å². The fourth-order valence-electron chi connectivity index (χ4n) is 1.96. The summed E-state index contributed by atoms with van der Waals surface area (Å²) in [5, 5.41) is 14.3. The second-order valence-electron chi connectivity index (χ2n) is 4.10. The van der Waals surface area contributed by atoms with Crippen molar-refractivity contribution >= 4 is 9.84 Å². The Balaban J connectivity index is 2.34. The second kappa shape index (κ2) is 3.31. The minimum absolute atomic E-state index is 0.169. The third kappa shape index (κ3) is 2.05. The highest BCUT2D eigenvalue weighted by Gasteiger charge is 2.40. The maximum absolute atomic E-state index is 11.5. The van der Waals surface area contributed by atoms with Crippen LogP contribution in [0.15, 0.2) is 12.3 Å². The highest BCUT2D eigenvalue weighted by Crippen LogP contribution is 2.31. The van der Waals surface area contributed by atoms with Crippen molar-refractivity contribution in [3.05, 3.63) is 18.0 Å². The molecule has 2 heterocycles. The number of nitrogens with zero attached hydrogens (tertiary/aromatic N) is 2. The molecule has 2 rings (SSSR count). The summed E-state index contributed by atoms with van der Waals surface area (Å²) in [6.07, 6.45) is 2.66. The molecule has 1 N–H and O–H groups in total. The van der Waals surface area contributed by atoms with Crippen molar-refractivity contribution < 1.29 is 13.5 Å². The third-order valence-electron chi connectivity index (χ3n) is 2.69. The zero-order valence-corrected chi connectivity index (χ0v) is 9.37. The summed E-state index contributed by atoms with van der Waals surface area (Å²) in [4.78, 5) is 0. The predicted octanol–water partition coefficient (Wildman–Crippen LogP) is -0.184. The Morgan fingerprint density at radius 2 is 2.33 bits per heavy atom. The molecule has 1 aromatic heterocycles. The van der Waals surface area contributed by atoms with Gasteiger partial charge in [0.15, 0.2) is 9.84 Å². The summed E-state index contributed by atoms with van der Waals surface area (Å²) in [5.41, 5.74) is -0.841. The lowest BCUT2D eigenvalue weighted by Crippen LogP contribution is -2.40. The Labute approximate surface area is 88.6 Å². The van der Waals surface area contributed by atoms with E-state index in [2.05, 4.69) is 5.10 Å². The molecule has 1 atom stereocenters. The SMILES string of the molecule is Cn1ccc(C2(O)CCCS(=O)(=O)C2)n1. The molecule has 0 bridgehead atoms. The molecule has 1 saturated heterocycles. The Morgan fingerprint density at radius 1 is 1.60 bits per heavy atom. The van der Waals surface area contributed by atoms with Crippen LogP contribution in [0.3, 0.4) is 0 Å². The van der Waals surface area contributed by atoms with Gasteiger partial charge in [-0.1, -0.05) is 0 Å². The van der Waals surface area contributed by atoms with E-state index in [0.717, 1.165) is 0 Å². The standard InChI is InChI=1S/C9H14N2O3S/c1-11-5-3-8(10-11)9(12)4-2-6-15(13,14)7-9/h3,5,12H,2,4,6-7H2,1H3. The molecule has 0 radical (unpaired) electrons. The minimum atomic E-state index is -3.13. The second-order valence-corrected chi connectivity index (χ2v) is 6.29. The quantitative estimate of drug-likeness (QED) is 0.726. The van der Waals surface area contributed by atoms with Gasteiger partial charge in [-0.15, -0.1) is 0 Å². The first kappa shape index (κ1) is 10.6. The van der Waals surface area contributed by atoms with Crippen molar-refractivity contribution in [1.82, 2.24) is 9.78 Å². The first-order valence-electron chi connectivity index (χ1n) is 4.84. The monoisotopic (exact) mass is 230 g/mol. The third-order valence-corrected chi connectivity index (χ3v) is 4.52. The van der Waals surface area contributed by atoms with Gasteiger partial charge < -0.3 is 5.11 Å². The van der Waals surface area contributed by atoms with E-state index in [-0.39, 0.29) is 11.5 Å². The van der Waals surface area contributed by atoms with Gasteiger partial charge in [-0.25, -0.2) is 8.42 Å². The maximum Gasteiger partial charge on any atom is 0.153 e. The molecule has 84 valence electrons. The van der Waals surface area contributed by atoms with Crippen molar-refractivity contribution in [3.63, 3.8) is 0 Å². The van der Waals surface area contributed by atoms with Crippen LogP contribution in [-0.2, 0) is 22.5 Å². The number of hydrogen-bond acceptors (Lipinski definition) is 4. The molecule has 0 spiro atoms. The fourth-order valence-corrected chi connectivity index (χ4v) is 3.71. The van der Waals surface area contributed by atoms with Crippen LogP contribution in [-0.4, -0.2) is 34.8 Å². The molecule has 6 heteroatoms. The highest BCUT2D eigenvalue weighted by molar-refractivity contribution is 7.91. The first-order valence-corrected chi connectivity index (χ1v) is 6.66. The summed E-state index contributed by atoms with van der Waals surface area (Å²) < 4.78 is 24.5. The summed E-state index contributed by atoms with van der Waals surface area (Å²) in [6, 6.07) is 1.67. The lowest BCUT2D eigenvalue weighted by atomic mass is 9.96. The maximum atomic E-state index is 11.5. The van der Waals surface area contributed by atoms with E-state index in [9.17, 15) is 13.5 Å². The van der Waals surface area contributed by atoms with E-state index in [1.807, 2.05) is 0 Å². The molecule has 0 saturated carbocycles. The van der Waals surface area contributed by atoms with Gasteiger partial charge in [-0.2, -0.15) is 5.10 Å². The van der Waals surface area contributed by atoms with E-state index in [1.165, 1.54) is 0 Å². The van der Waals surface area contributed by atoms with Crippen LogP contribution in [0.5, 0.6) is 0 Å². The average molecular weight is 230 g/mol. The summed E-state index contributed by atoms with van der Waals surface area (Å²) in [6.45, 7) is 0. The van der Waals surface area contributed by atoms with Gasteiger partial charge in [0.25, 0.3) is 0 Å². The first-order chi connectivity index (χ1) is 6.91. The van der Waals surface area contributed by atoms with Crippen molar-refractivity contribution in [2.24, 2.45) is 7.05 Å². The normalized spacial score (nSPS) is 30.3. The Hall–Kier alpha value is -0.880. The molecule has 1 aliphatic rings. The topological polar surface area (TPSA) is 72.2 Å². The predicted molar refractivity (Wildman–Crippen MR) is 55.0 cm³/mol. The van der Waals surface area contributed by atoms with Gasteiger partial charge in [0.1, 0.15) is 5.60 Å². The zero-order chi connectivity index (χ0) is 11.1. The van der Waals surface area contributed by atoms with Gasteiger partial charge >= 0.3 is 0 Å². The van der Waals surface area contributed by atoms with Crippen molar-refractivity contribution in [3.8, 4) is 0 Å². The Kier molecular flexibility index (Phi) is 2.35. The molecule has 5 nitrogen and oxygen atoms in total. The van der Waals surface area contributed by atoms with Crippen molar-refractivity contribution in [2.75, 3.05) is 11.5 Å². The molecule has 0 aromatic carbocycles. The van der Waals surface area contributed by atoms with Crippen LogP contribution in [0.1, 0.15) is 18.5 Å². The average Bonchev–Trinajstić information content (AvgIpc) is 2.49. The number of sulfone groups is 1. The van der Waals surface area contributed by atoms with Gasteiger partial charge in [0.2, 0.25) is 0 Å². The van der Waals surface area contributed by atoms with Gasteiger partial charge in [-0.3, -0.25) is 4.68 Å². The van der Waals surface area contributed by atoms with E-state index in [0.29, 0.717) is 18.5 Å².